The van der Waals surface area contributed by atoms with Crippen LogP contribution in [0.25, 0.3) is 10.6 Å². The summed E-state index contributed by atoms with van der Waals surface area (Å²) in [5.41, 5.74) is 0.438. The molecule has 0 fully saturated rings. The maximum Gasteiger partial charge on any atom is -0.0792 e. The summed E-state index contributed by atoms with van der Waals surface area (Å²) in [4.78, 5) is 0. The van der Waals surface area contributed by atoms with E-state index in [0.717, 1.165) is 0 Å². The molecule has 0 aliphatic heterocycles. The standard InChI is InChI=1S/2C8H18N.2C5H5.Ti/c2*1-7(2,3)9-8(4,5)6;2*1-2-4-5-3-1;/h2*1-6H3;2*1-3H,4H2;/q2*-1;;;+2. The number of rotatable bonds is 2. The molecule has 0 spiro atoms. The molecule has 164 valence electrons. The van der Waals surface area contributed by atoms with Gasteiger partial charge in [-0.1, -0.05) is 83.1 Å². The molecule has 0 amide bonds. The molecule has 0 aromatic carbocycles. The maximum atomic E-state index is 4.54. The largest absolute Gasteiger partial charge is 0.653 e. The van der Waals surface area contributed by atoms with Crippen molar-refractivity contribution < 1.29 is 19.2 Å². The van der Waals surface area contributed by atoms with Gasteiger partial charge >= 0.3 is 76.2 Å². The smallest absolute Gasteiger partial charge is 0.0792 e. The van der Waals surface area contributed by atoms with E-state index in [0.29, 0.717) is 0 Å². The minimum absolute atomic E-state index is 0.0833. The van der Waals surface area contributed by atoms with E-state index in [-0.39, 0.29) is 41.3 Å². The van der Waals surface area contributed by atoms with Gasteiger partial charge < -0.3 is 10.6 Å². The topological polar surface area (TPSA) is 28.2 Å². The van der Waals surface area contributed by atoms with Gasteiger partial charge in [0.15, 0.2) is 0 Å². The molecule has 0 saturated carbocycles. The van der Waals surface area contributed by atoms with Gasteiger partial charge in [0, 0.05) is 0 Å². The van der Waals surface area contributed by atoms with Gasteiger partial charge in [0.2, 0.25) is 0 Å². The van der Waals surface area contributed by atoms with Crippen molar-refractivity contribution in [1.82, 2.24) is 0 Å². The first-order valence-corrected chi connectivity index (χ1v) is 12.4. The van der Waals surface area contributed by atoms with Gasteiger partial charge in [-0.3, -0.25) is 0 Å². The summed E-state index contributed by atoms with van der Waals surface area (Å²) in [5, 5.41) is 9.08. The fourth-order valence-electron chi connectivity index (χ4n) is 3.30. The molecule has 0 aromatic heterocycles. The summed E-state index contributed by atoms with van der Waals surface area (Å²) < 4.78 is 3.36. The second kappa shape index (κ2) is 11.8. The molecule has 0 aromatic rings. The van der Waals surface area contributed by atoms with Crippen molar-refractivity contribution in [2.24, 2.45) is 0 Å². The summed E-state index contributed by atoms with van der Waals surface area (Å²) in [6, 6.07) is 0. The van der Waals surface area contributed by atoms with Gasteiger partial charge in [-0.15, -0.1) is 22.2 Å². The Labute approximate surface area is 191 Å². The minimum atomic E-state index is 0.0833. The van der Waals surface area contributed by atoms with E-state index < -0.39 is 0 Å². The number of nitrogens with zero attached hydrogens (tertiary/aromatic N) is 2. The van der Waals surface area contributed by atoms with Crippen LogP contribution in [-0.2, 0) is 19.2 Å². The molecule has 0 atom stereocenters. The molecule has 2 rings (SSSR count). The monoisotopic (exact) mass is 434 g/mol. The van der Waals surface area contributed by atoms with Crippen LogP contribution in [0.1, 0.15) is 95.9 Å². The maximum absolute atomic E-state index is 4.54. The van der Waals surface area contributed by atoms with Crippen LogP contribution < -0.4 is 0 Å². The van der Waals surface area contributed by atoms with Gasteiger partial charge in [-0.25, -0.2) is 0 Å². The van der Waals surface area contributed by atoms with Crippen molar-refractivity contribution in [1.29, 1.82) is 0 Å². The number of allylic oxidation sites excluding steroid dienone is 8. The SMILES string of the molecule is C1=CC[C]([Ti+2][C]2=CC=CC2)=C1.CC(C)(C)[N-]C(C)(C)C.CC(C)(C)[N-]C(C)(C)C. The van der Waals surface area contributed by atoms with Crippen LogP contribution in [0.5, 0.6) is 0 Å². The fourth-order valence-corrected chi connectivity index (χ4v) is 5.19. The van der Waals surface area contributed by atoms with E-state index in [4.69, 9.17) is 0 Å². The summed E-state index contributed by atoms with van der Waals surface area (Å²) in [7, 11) is 0. The quantitative estimate of drug-likeness (QED) is 0.389. The third kappa shape index (κ3) is 20.6. The predicted molar refractivity (Wildman–Crippen MR) is 129 cm³/mol. The second-order valence-electron chi connectivity index (χ2n) is 11.7. The molecule has 0 N–H and O–H groups in total. The van der Waals surface area contributed by atoms with Crippen LogP contribution in [0.4, 0.5) is 0 Å². The Kier molecular flexibility index (Phi) is 11.7. The van der Waals surface area contributed by atoms with Crippen LogP contribution >= 0.6 is 0 Å². The Hall–Kier alpha value is -0.406. The van der Waals surface area contributed by atoms with Gasteiger partial charge in [0.1, 0.15) is 0 Å². The molecule has 2 aliphatic rings. The minimum Gasteiger partial charge on any atom is -0.653 e. The molecule has 2 aliphatic carbocycles. The van der Waals surface area contributed by atoms with Gasteiger partial charge in [-0.2, -0.15) is 0 Å². The molecule has 0 heterocycles. The average Bonchev–Trinajstić information content (AvgIpc) is 3.05. The van der Waals surface area contributed by atoms with Gasteiger partial charge in [-0.05, 0) is 0 Å². The Morgan fingerprint density at radius 2 is 0.828 bits per heavy atom. The van der Waals surface area contributed by atoms with E-state index >= 15 is 0 Å². The Morgan fingerprint density at radius 3 is 0.966 bits per heavy atom. The van der Waals surface area contributed by atoms with Gasteiger partial charge in [0.05, 0.1) is 0 Å². The molecule has 2 nitrogen and oxygen atoms in total. The first kappa shape index (κ1) is 28.6. The summed E-state index contributed by atoms with van der Waals surface area (Å²) in [6.45, 7) is 25.5. The van der Waals surface area contributed by atoms with Crippen molar-refractivity contribution in [2.75, 3.05) is 0 Å². The molecule has 0 unspecified atom stereocenters. The van der Waals surface area contributed by atoms with Crippen molar-refractivity contribution in [2.45, 2.75) is 118 Å². The van der Waals surface area contributed by atoms with Crippen LogP contribution in [0.3, 0.4) is 0 Å². The van der Waals surface area contributed by atoms with E-state index in [1.54, 1.807) is 7.76 Å². The molecule has 0 saturated heterocycles. The molecule has 0 radical (unpaired) electrons. The second-order valence-corrected chi connectivity index (χ2v) is 14.1. The third-order valence-corrected chi connectivity index (χ3v) is 5.37. The molecule has 0 bridgehead atoms. The van der Waals surface area contributed by atoms with Crippen molar-refractivity contribution >= 4 is 0 Å². The molecular weight excluding hydrogens is 388 g/mol. The molecule has 29 heavy (non-hydrogen) atoms. The van der Waals surface area contributed by atoms with Crippen molar-refractivity contribution in [3.8, 4) is 0 Å². The summed E-state index contributed by atoms with van der Waals surface area (Å²) in [6.07, 6.45) is 15.9. The van der Waals surface area contributed by atoms with Crippen LogP contribution in [0.15, 0.2) is 44.2 Å². The van der Waals surface area contributed by atoms with Crippen LogP contribution in [-0.4, -0.2) is 22.2 Å². The normalized spacial score (nSPS) is 16.3. The summed E-state index contributed by atoms with van der Waals surface area (Å²) >= 11 is 0.0833. The van der Waals surface area contributed by atoms with Crippen molar-refractivity contribution in [3.05, 3.63) is 54.8 Å². The molecular formula is C26H46N2Ti. The zero-order valence-electron chi connectivity index (χ0n) is 21.3. The number of hydrogen-bond acceptors (Lipinski definition) is 0. The predicted octanol–water partition coefficient (Wildman–Crippen LogP) is 8.67. The van der Waals surface area contributed by atoms with Crippen molar-refractivity contribution in [3.63, 3.8) is 0 Å². The van der Waals surface area contributed by atoms with E-state index in [2.05, 4.69) is 130 Å². The van der Waals surface area contributed by atoms with E-state index in [9.17, 15) is 0 Å². The summed E-state index contributed by atoms with van der Waals surface area (Å²) in [5.74, 6) is 0. The molecule has 3 heteroatoms. The average molecular weight is 435 g/mol. The van der Waals surface area contributed by atoms with E-state index in [1.165, 1.54) is 12.8 Å². The Balaban J connectivity index is 0.000000411. The first-order chi connectivity index (χ1) is 12.9. The van der Waals surface area contributed by atoms with Gasteiger partial charge in [0.25, 0.3) is 0 Å². The number of hydrogen-bond donors (Lipinski definition) is 0. The zero-order chi connectivity index (χ0) is 22.9. The first-order valence-electron chi connectivity index (χ1n) is 10.8. The Bertz CT molecular complexity index is 517. The van der Waals surface area contributed by atoms with Crippen LogP contribution in [0.2, 0.25) is 0 Å². The fraction of sp³-hybridized carbons (Fsp3) is 0.692. The Morgan fingerprint density at radius 1 is 0.552 bits per heavy atom. The third-order valence-electron chi connectivity index (χ3n) is 3.21. The van der Waals surface area contributed by atoms with Crippen LogP contribution in [0, 0.1) is 0 Å². The van der Waals surface area contributed by atoms with E-state index in [1.807, 2.05) is 0 Å². The zero-order valence-corrected chi connectivity index (χ0v) is 22.8.